The lowest BCUT2D eigenvalue weighted by Crippen LogP contribution is -2.42. The predicted octanol–water partition coefficient (Wildman–Crippen LogP) is 2.73. The predicted molar refractivity (Wildman–Crippen MR) is 83.6 cm³/mol. The highest BCUT2D eigenvalue weighted by atomic mass is 32.2. The second-order valence-corrected chi connectivity index (χ2v) is 8.20. The molecule has 1 atom stereocenters. The maximum Gasteiger partial charge on any atom is 0.244 e. The number of nitrogens with zero attached hydrogens (tertiary/aromatic N) is 1. The summed E-state index contributed by atoms with van der Waals surface area (Å²) in [5.74, 6) is 0. The minimum atomic E-state index is -3.36. The average Bonchev–Trinajstić information content (AvgIpc) is 2.78. The van der Waals surface area contributed by atoms with E-state index in [1.165, 1.54) is 11.3 Å². The number of sulfonamides is 1. The fourth-order valence-corrected chi connectivity index (χ4v) is 6.17. The molecule has 1 aliphatic heterocycles. The number of hydrogen-bond donors (Lipinski definition) is 1. The van der Waals surface area contributed by atoms with E-state index in [0.29, 0.717) is 18.0 Å². The van der Waals surface area contributed by atoms with Crippen LogP contribution in [0.5, 0.6) is 0 Å². The van der Waals surface area contributed by atoms with Crippen LogP contribution in [0, 0.1) is 6.92 Å². The molecular formula is C14H24N2O2S2. The summed E-state index contributed by atoms with van der Waals surface area (Å²) in [4.78, 5) is 1.47. The molecule has 0 saturated carbocycles. The Balaban J connectivity index is 2.35. The number of aryl methyl sites for hydroxylation is 1. The van der Waals surface area contributed by atoms with Crippen molar-refractivity contribution in [2.45, 2.75) is 57.5 Å². The van der Waals surface area contributed by atoms with Gasteiger partial charge in [-0.1, -0.05) is 13.3 Å². The molecular weight excluding hydrogens is 292 g/mol. The fraction of sp³-hybridized carbons (Fsp3) is 0.714. The van der Waals surface area contributed by atoms with Gasteiger partial charge in [0.15, 0.2) is 0 Å². The molecule has 1 fully saturated rings. The molecule has 2 rings (SSSR count). The van der Waals surface area contributed by atoms with Crippen LogP contribution in [-0.4, -0.2) is 31.9 Å². The molecule has 0 spiro atoms. The zero-order valence-electron chi connectivity index (χ0n) is 12.5. The van der Waals surface area contributed by atoms with Crippen molar-refractivity contribution in [3.63, 3.8) is 0 Å². The Morgan fingerprint density at radius 2 is 2.20 bits per heavy atom. The summed E-state index contributed by atoms with van der Waals surface area (Å²) >= 11 is 1.54. The van der Waals surface area contributed by atoms with Gasteiger partial charge in [-0.25, -0.2) is 8.42 Å². The van der Waals surface area contributed by atoms with Crippen LogP contribution < -0.4 is 5.32 Å². The molecule has 0 bridgehead atoms. The van der Waals surface area contributed by atoms with Gasteiger partial charge in [0, 0.05) is 24.0 Å². The first kappa shape index (κ1) is 15.9. The molecule has 0 radical (unpaired) electrons. The number of rotatable bonds is 5. The molecule has 2 heterocycles. The van der Waals surface area contributed by atoms with E-state index >= 15 is 0 Å². The topological polar surface area (TPSA) is 49.4 Å². The molecule has 1 aliphatic rings. The van der Waals surface area contributed by atoms with Crippen LogP contribution in [-0.2, 0) is 16.6 Å². The van der Waals surface area contributed by atoms with E-state index in [1.54, 1.807) is 4.31 Å². The molecule has 1 unspecified atom stereocenters. The van der Waals surface area contributed by atoms with Crippen molar-refractivity contribution in [2.24, 2.45) is 0 Å². The van der Waals surface area contributed by atoms with Crippen LogP contribution >= 0.6 is 11.3 Å². The summed E-state index contributed by atoms with van der Waals surface area (Å²) in [6, 6.07) is 0.111. The van der Waals surface area contributed by atoms with Gasteiger partial charge in [0.05, 0.1) is 0 Å². The third-order valence-corrected chi connectivity index (χ3v) is 7.31. The molecule has 0 aromatic carbocycles. The molecule has 114 valence electrons. The molecule has 1 aromatic rings. The quantitative estimate of drug-likeness (QED) is 0.908. The minimum Gasteiger partial charge on any atom is -0.312 e. The van der Waals surface area contributed by atoms with Crippen molar-refractivity contribution in [2.75, 3.05) is 13.1 Å². The Bertz CT molecular complexity index is 552. The largest absolute Gasteiger partial charge is 0.312 e. The Hall–Kier alpha value is -0.430. The van der Waals surface area contributed by atoms with Gasteiger partial charge in [-0.15, -0.1) is 11.3 Å². The smallest absolute Gasteiger partial charge is 0.244 e. The van der Waals surface area contributed by atoms with Gasteiger partial charge in [-0.05, 0) is 44.2 Å². The van der Waals surface area contributed by atoms with Gasteiger partial charge in [-0.3, -0.25) is 0 Å². The molecule has 1 aromatic heterocycles. The summed E-state index contributed by atoms with van der Waals surface area (Å²) in [6.45, 7) is 8.07. The molecule has 4 nitrogen and oxygen atoms in total. The van der Waals surface area contributed by atoms with E-state index in [2.05, 4.69) is 5.32 Å². The monoisotopic (exact) mass is 316 g/mol. The summed E-state index contributed by atoms with van der Waals surface area (Å²) < 4.78 is 27.6. The Morgan fingerprint density at radius 3 is 2.85 bits per heavy atom. The van der Waals surface area contributed by atoms with E-state index in [0.717, 1.165) is 36.2 Å². The molecule has 0 amide bonds. The highest BCUT2D eigenvalue weighted by molar-refractivity contribution is 7.89. The van der Waals surface area contributed by atoms with Crippen molar-refractivity contribution in [3.05, 3.63) is 15.8 Å². The van der Waals surface area contributed by atoms with E-state index < -0.39 is 10.0 Å². The zero-order chi connectivity index (χ0) is 14.8. The highest BCUT2D eigenvalue weighted by Gasteiger charge is 2.34. The van der Waals surface area contributed by atoms with Crippen LogP contribution in [0.1, 0.15) is 43.6 Å². The number of nitrogens with one attached hydrogen (secondary N) is 1. The van der Waals surface area contributed by atoms with Gasteiger partial charge in [-0.2, -0.15) is 4.31 Å². The van der Waals surface area contributed by atoms with Crippen LogP contribution in [0.3, 0.4) is 0 Å². The van der Waals surface area contributed by atoms with Crippen LogP contribution in [0.2, 0.25) is 0 Å². The van der Waals surface area contributed by atoms with Crippen molar-refractivity contribution in [1.29, 1.82) is 0 Å². The molecule has 1 saturated heterocycles. The van der Waals surface area contributed by atoms with Gasteiger partial charge >= 0.3 is 0 Å². The molecule has 6 heteroatoms. The Labute approximate surface area is 126 Å². The van der Waals surface area contributed by atoms with Gasteiger partial charge in [0.25, 0.3) is 0 Å². The summed E-state index contributed by atoms with van der Waals surface area (Å²) in [6.07, 6.45) is 3.06. The van der Waals surface area contributed by atoms with E-state index in [-0.39, 0.29) is 6.04 Å². The minimum absolute atomic E-state index is 0.111. The Morgan fingerprint density at radius 1 is 1.45 bits per heavy atom. The number of thiophene rings is 1. The fourth-order valence-electron chi connectivity index (χ4n) is 2.74. The third kappa shape index (κ3) is 3.08. The van der Waals surface area contributed by atoms with E-state index in [4.69, 9.17) is 0 Å². The first-order valence-electron chi connectivity index (χ1n) is 7.28. The third-order valence-electron chi connectivity index (χ3n) is 3.83. The first-order chi connectivity index (χ1) is 9.48. The lowest BCUT2D eigenvalue weighted by Gasteiger charge is -2.32. The zero-order valence-corrected chi connectivity index (χ0v) is 14.1. The SMILES string of the molecule is CCNCc1scc(C)c1S(=O)(=O)N1CCCCC1C. The van der Waals surface area contributed by atoms with Gasteiger partial charge < -0.3 is 5.32 Å². The number of hydrogen-bond acceptors (Lipinski definition) is 4. The molecule has 20 heavy (non-hydrogen) atoms. The second-order valence-electron chi connectivity index (χ2n) is 5.41. The van der Waals surface area contributed by atoms with Crippen molar-refractivity contribution in [1.82, 2.24) is 9.62 Å². The average molecular weight is 316 g/mol. The summed E-state index contributed by atoms with van der Waals surface area (Å²) in [5.41, 5.74) is 0.876. The summed E-state index contributed by atoms with van der Waals surface area (Å²) in [7, 11) is -3.36. The van der Waals surface area contributed by atoms with Crippen molar-refractivity contribution in [3.8, 4) is 0 Å². The second kappa shape index (κ2) is 6.56. The van der Waals surface area contributed by atoms with Crippen LogP contribution in [0.4, 0.5) is 0 Å². The number of piperidine rings is 1. The van der Waals surface area contributed by atoms with Crippen molar-refractivity contribution >= 4 is 21.4 Å². The van der Waals surface area contributed by atoms with Gasteiger partial charge in [0.2, 0.25) is 10.0 Å². The van der Waals surface area contributed by atoms with Gasteiger partial charge in [0.1, 0.15) is 4.90 Å². The van der Waals surface area contributed by atoms with Crippen LogP contribution in [0.15, 0.2) is 10.3 Å². The van der Waals surface area contributed by atoms with Crippen LogP contribution in [0.25, 0.3) is 0 Å². The first-order valence-corrected chi connectivity index (χ1v) is 9.60. The van der Waals surface area contributed by atoms with E-state index in [9.17, 15) is 8.42 Å². The highest BCUT2D eigenvalue weighted by Crippen LogP contribution is 2.32. The maximum absolute atomic E-state index is 13.0. The Kier molecular flexibility index (Phi) is 5.23. The molecule has 0 aliphatic carbocycles. The maximum atomic E-state index is 13.0. The lowest BCUT2D eigenvalue weighted by atomic mass is 10.1. The van der Waals surface area contributed by atoms with Crippen molar-refractivity contribution < 1.29 is 8.42 Å². The lowest BCUT2D eigenvalue weighted by molar-refractivity contribution is 0.268. The normalized spacial score (nSPS) is 21.2. The standard InChI is InChI=1S/C14H24N2O2S2/c1-4-15-9-13-14(11(2)10-19-13)20(17,18)16-8-6-5-7-12(16)3/h10,12,15H,4-9H2,1-3H3. The van der Waals surface area contributed by atoms with E-state index in [1.807, 2.05) is 26.2 Å². The summed E-state index contributed by atoms with van der Waals surface area (Å²) in [5, 5.41) is 5.18. The molecule has 1 N–H and O–H groups in total.